The first-order valence-electron chi connectivity index (χ1n) is 7.85. The number of esters is 1. The van der Waals surface area contributed by atoms with Crippen molar-refractivity contribution in [3.05, 3.63) is 11.6 Å². The predicted octanol–water partition coefficient (Wildman–Crippen LogP) is 0.749. The first kappa shape index (κ1) is 20.4. The number of nitrogens with zero attached hydrogens (tertiary/aromatic N) is 1. The van der Waals surface area contributed by atoms with Crippen molar-refractivity contribution < 1.29 is 24.5 Å². The highest BCUT2D eigenvalue weighted by atomic mass is 35.5. The van der Waals surface area contributed by atoms with Gasteiger partial charge in [0.25, 0.3) is 0 Å². The molecule has 2 aliphatic rings. The fraction of sp³-hybridized carbons (Fsp3) is 0.812. The van der Waals surface area contributed by atoms with Crippen molar-refractivity contribution in [1.29, 1.82) is 0 Å². The number of hydrogen-bond acceptors (Lipinski definition) is 6. The SMILES string of the molecule is CO[C@@H](C)[C@](O)(C(=O)OCC1=CCN2CCC(O)C12)C(C)C.Cl. The van der Waals surface area contributed by atoms with Gasteiger partial charge in [0, 0.05) is 20.2 Å². The maximum absolute atomic E-state index is 12.4. The molecule has 2 unspecified atom stereocenters. The Bertz CT molecular complexity index is 456. The van der Waals surface area contributed by atoms with Crippen molar-refractivity contribution in [2.45, 2.75) is 51.0 Å². The third-order valence-corrected chi connectivity index (χ3v) is 4.99. The highest BCUT2D eigenvalue weighted by Gasteiger charge is 2.47. The van der Waals surface area contributed by atoms with Crippen molar-refractivity contribution in [2.75, 3.05) is 26.8 Å². The van der Waals surface area contributed by atoms with E-state index < -0.39 is 23.8 Å². The second-order valence-electron chi connectivity index (χ2n) is 6.51. The first-order valence-corrected chi connectivity index (χ1v) is 7.85. The van der Waals surface area contributed by atoms with Crippen LogP contribution in [0.3, 0.4) is 0 Å². The Labute approximate surface area is 143 Å². The number of ether oxygens (including phenoxy) is 2. The zero-order valence-electron chi connectivity index (χ0n) is 14.2. The Morgan fingerprint density at radius 3 is 2.70 bits per heavy atom. The average molecular weight is 350 g/mol. The molecule has 2 heterocycles. The quantitative estimate of drug-likeness (QED) is 0.544. The number of aliphatic hydroxyl groups excluding tert-OH is 1. The average Bonchev–Trinajstić information content (AvgIpc) is 3.06. The summed E-state index contributed by atoms with van der Waals surface area (Å²) in [5, 5.41) is 20.7. The normalized spacial score (nSPS) is 27.9. The van der Waals surface area contributed by atoms with Crippen LogP contribution in [-0.2, 0) is 14.3 Å². The lowest BCUT2D eigenvalue weighted by molar-refractivity contribution is -0.186. The van der Waals surface area contributed by atoms with Gasteiger partial charge in [-0.1, -0.05) is 19.9 Å². The topological polar surface area (TPSA) is 79.2 Å². The molecule has 4 atom stereocenters. The van der Waals surface area contributed by atoms with Gasteiger partial charge in [0.1, 0.15) is 6.61 Å². The van der Waals surface area contributed by atoms with Gasteiger partial charge in [0.15, 0.2) is 5.60 Å². The zero-order chi connectivity index (χ0) is 16.5. The molecule has 2 rings (SSSR count). The Hall–Kier alpha value is -0.660. The Kier molecular flexibility index (Phi) is 7.04. The summed E-state index contributed by atoms with van der Waals surface area (Å²) in [6.07, 6.45) is 1.67. The van der Waals surface area contributed by atoms with Crippen LogP contribution in [-0.4, -0.2) is 71.7 Å². The number of carbonyl (C=O) groups excluding carboxylic acids is 1. The van der Waals surface area contributed by atoms with Gasteiger partial charge in [-0.3, -0.25) is 4.90 Å². The largest absolute Gasteiger partial charge is 0.459 e. The van der Waals surface area contributed by atoms with Gasteiger partial charge < -0.3 is 19.7 Å². The second-order valence-corrected chi connectivity index (χ2v) is 6.51. The summed E-state index contributed by atoms with van der Waals surface area (Å²) in [6, 6.07) is -0.0557. The number of fused-ring (bicyclic) bond motifs is 1. The van der Waals surface area contributed by atoms with Crippen molar-refractivity contribution in [3.63, 3.8) is 0 Å². The number of methoxy groups -OCH3 is 1. The number of rotatable bonds is 6. The highest BCUT2D eigenvalue weighted by Crippen LogP contribution is 2.30. The van der Waals surface area contributed by atoms with Gasteiger partial charge in [0.05, 0.1) is 18.2 Å². The molecular formula is C16H28ClNO5. The molecule has 6 nitrogen and oxygen atoms in total. The number of hydrogen-bond donors (Lipinski definition) is 2. The Balaban J connectivity index is 0.00000264. The summed E-state index contributed by atoms with van der Waals surface area (Å²) in [6.45, 7) is 6.90. The fourth-order valence-corrected chi connectivity index (χ4v) is 3.34. The van der Waals surface area contributed by atoms with E-state index in [2.05, 4.69) is 4.90 Å². The van der Waals surface area contributed by atoms with Gasteiger partial charge >= 0.3 is 5.97 Å². The minimum absolute atomic E-state index is 0. The lowest BCUT2D eigenvalue weighted by atomic mass is 9.85. The van der Waals surface area contributed by atoms with Gasteiger partial charge in [-0.05, 0) is 24.8 Å². The third kappa shape index (κ3) is 3.72. The molecule has 0 aromatic heterocycles. The molecule has 0 spiro atoms. The zero-order valence-corrected chi connectivity index (χ0v) is 15.0. The molecule has 0 aromatic rings. The number of carbonyl (C=O) groups is 1. The molecule has 2 aliphatic heterocycles. The summed E-state index contributed by atoms with van der Waals surface area (Å²) in [5.41, 5.74) is -0.767. The van der Waals surface area contributed by atoms with E-state index in [1.165, 1.54) is 7.11 Å². The highest BCUT2D eigenvalue weighted by molar-refractivity contribution is 5.85. The van der Waals surface area contributed by atoms with E-state index in [9.17, 15) is 15.0 Å². The summed E-state index contributed by atoms with van der Waals surface area (Å²) in [7, 11) is 1.46. The van der Waals surface area contributed by atoms with E-state index in [0.29, 0.717) is 0 Å². The summed E-state index contributed by atoms with van der Waals surface area (Å²) in [4.78, 5) is 14.5. The Morgan fingerprint density at radius 1 is 1.48 bits per heavy atom. The molecule has 1 fully saturated rings. The molecule has 1 saturated heterocycles. The molecule has 0 saturated carbocycles. The first-order chi connectivity index (χ1) is 10.3. The monoisotopic (exact) mass is 349 g/mol. The maximum atomic E-state index is 12.4. The summed E-state index contributed by atoms with van der Waals surface area (Å²) in [5.74, 6) is -1.01. The van der Waals surface area contributed by atoms with Crippen LogP contribution < -0.4 is 0 Å². The molecule has 23 heavy (non-hydrogen) atoms. The molecule has 0 aliphatic carbocycles. The number of halogens is 1. The minimum Gasteiger partial charge on any atom is -0.459 e. The van der Waals surface area contributed by atoms with Crippen molar-refractivity contribution in [3.8, 4) is 0 Å². The minimum atomic E-state index is -1.68. The maximum Gasteiger partial charge on any atom is 0.341 e. The van der Waals surface area contributed by atoms with Crippen LogP contribution in [0.5, 0.6) is 0 Å². The molecule has 2 N–H and O–H groups in total. The van der Waals surface area contributed by atoms with Crippen molar-refractivity contribution >= 4 is 18.4 Å². The van der Waals surface area contributed by atoms with Crippen LogP contribution in [0.2, 0.25) is 0 Å². The smallest absolute Gasteiger partial charge is 0.341 e. The van der Waals surface area contributed by atoms with Gasteiger partial charge in [-0.15, -0.1) is 12.4 Å². The molecule has 7 heteroatoms. The molecule has 0 radical (unpaired) electrons. The Morgan fingerprint density at radius 2 is 2.13 bits per heavy atom. The molecule has 0 amide bonds. The molecule has 0 bridgehead atoms. The summed E-state index contributed by atoms with van der Waals surface area (Å²) >= 11 is 0. The fourth-order valence-electron chi connectivity index (χ4n) is 3.34. The van der Waals surface area contributed by atoms with E-state index in [4.69, 9.17) is 9.47 Å². The lowest BCUT2D eigenvalue weighted by Crippen LogP contribution is -2.54. The van der Waals surface area contributed by atoms with Gasteiger partial charge in [-0.25, -0.2) is 4.79 Å². The van der Waals surface area contributed by atoms with E-state index in [1.807, 2.05) is 6.08 Å². The van der Waals surface area contributed by atoms with Gasteiger partial charge in [-0.2, -0.15) is 0 Å². The lowest BCUT2D eigenvalue weighted by Gasteiger charge is -2.34. The summed E-state index contributed by atoms with van der Waals surface area (Å²) < 4.78 is 10.5. The van der Waals surface area contributed by atoms with Crippen LogP contribution >= 0.6 is 12.4 Å². The molecule has 0 aromatic carbocycles. The van der Waals surface area contributed by atoms with Crippen LogP contribution in [0.1, 0.15) is 27.2 Å². The van der Waals surface area contributed by atoms with Crippen LogP contribution in [0.25, 0.3) is 0 Å². The van der Waals surface area contributed by atoms with Crippen LogP contribution in [0.4, 0.5) is 0 Å². The van der Waals surface area contributed by atoms with Gasteiger partial charge in [0.2, 0.25) is 0 Å². The van der Waals surface area contributed by atoms with Crippen molar-refractivity contribution in [1.82, 2.24) is 4.90 Å². The van der Waals surface area contributed by atoms with Crippen molar-refractivity contribution in [2.24, 2.45) is 5.92 Å². The molecule has 134 valence electrons. The van der Waals surface area contributed by atoms with Crippen LogP contribution in [0.15, 0.2) is 11.6 Å². The predicted molar refractivity (Wildman–Crippen MR) is 88.5 cm³/mol. The number of aliphatic hydroxyl groups is 2. The third-order valence-electron chi connectivity index (χ3n) is 4.99. The molecular weight excluding hydrogens is 322 g/mol. The van der Waals surface area contributed by atoms with E-state index >= 15 is 0 Å². The van der Waals surface area contributed by atoms with E-state index in [-0.39, 0.29) is 31.0 Å². The second kappa shape index (κ2) is 7.94. The standard InChI is InChI=1S/C16H27NO5.ClH/c1-10(2)16(20,11(3)21-4)15(19)22-9-12-5-7-17-8-6-13(18)14(12)17;/h5,10-11,13-14,18,20H,6-9H2,1-4H3;1H/t11-,13?,14?,16-;/m0./s1. The van der Waals surface area contributed by atoms with E-state index in [1.54, 1.807) is 20.8 Å². The van der Waals surface area contributed by atoms with Crippen LogP contribution in [0, 0.1) is 5.92 Å². The van der Waals surface area contributed by atoms with E-state index in [0.717, 1.165) is 25.1 Å².